The lowest BCUT2D eigenvalue weighted by molar-refractivity contribution is -0.132. The van der Waals surface area contributed by atoms with Crippen molar-refractivity contribution in [3.63, 3.8) is 0 Å². The smallest absolute Gasteiger partial charge is 0.242 e. The highest BCUT2D eigenvalue weighted by Crippen LogP contribution is 2.21. The fourth-order valence-electron chi connectivity index (χ4n) is 3.27. The van der Waals surface area contributed by atoms with Crippen LogP contribution >= 0.6 is 11.6 Å². The average Bonchev–Trinajstić information content (AvgIpc) is 3.04. The highest BCUT2D eigenvalue weighted by molar-refractivity contribution is 6.31. The highest BCUT2D eigenvalue weighted by Gasteiger charge is 2.22. The van der Waals surface area contributed by atoms with Crippen molar-refractivity contribution in [3.8, 4) is 0 Å². The van der Waals surface area contributed by atoms with Gasteiger partial charge in [-0.2, -0.15) is 0 Å². The molecule has 0 radical (unpaired) electrons. The van der Waals surface area contributed by atoms with Crippen LogP contribution in [0.15, 0.2) is 54.9 Å². The minimum atomic E-state index is 0.137. The molecule has 1 fully saturated rings. The summed E-state index contributed by atoms with van der Waals surface area (Å²) in [5.41, 5.74) is 0.993. The molecule has 3 heterocycles. The Bertz CT molecular complexity index is 885. The van der Waals surface area contributed by atoms with E-state index in [1.165, 1.54) is 0 Å². The van der Waals surface area contributed by atoms with Crippen LogP contribution in [0.3, 0.4) is 0 Å². The summed E-state index contributed by atoms with van der Waals surface area (Å²) in [6.45, 7) is 3.39. The number of anilines is 1. The van der Waals surface area contributed by atoms with Gasteiger partial charge in [-0.1, -0.05) is 23.7 Å². The third-order valence-electron chi connectivity index (χ3n) is 4.65. The Labute approximate surface area is 151 Å². The van der Waals surface area contributed by atoms with Gasteiger partial charge in [-0.05, 0) is 35.7 Å². The molecule has 3 aromatic rings. The second-order valence-corrected chi connectivity index (χ2v) is 6.64. The summed E-state index contributed by atoms with van der Waals surface area (Å²) in [7, 11) is 0. The number of benzene rings is 1. The second-order valence-electron chi connectivity index (χ2n) is 6.20. The number of carbonyl (C=O) groups is 1. The van der Waals surface area contributed by atoms with Crippen molar-refractivity contribution < 1.29 is 4.79 Å². The first kappa shape index (κ1) is 16.0. The van der Waals surface area contributed by atoms with Crippen molar-refractivity contribution in [2.24, 2.45) is 0 Å². The lowest BCUT2D eigenvalue weighted by Gasteiger charge is -2.35. The van der Waals surface area contributed by atoms with E-state index in [0.29, 0.717) is 11.6 Å². The molecule has 0 unspecified atom stereocenters. The van der Waals surface area contributed by atoms with Gasteiger partial charge in [0.05, 0.1) is 0 Å². The Morgan fingerprint density at radius 3 is 2.68 bits per heavy atom. The molecule has 1 saturated heterocycles. The summed E-state index contributed by atoms with van der Waals surface area (Å²) in [5.74, 6) is 1.11. The van der Waals surface area contributed by atoms with Gasteiger partial charge in [0.2, 0.25) is 5.91 Å². The molecular formula is C19H19ClN4O. The molecule has 1 aliphatic rings. The van der Waals surface area contributed by atoms with E-state index in [2.05, 4.69) is 9.88 Å². The Morgan fingerprint density at radius 1 is 1.08 bits per heavy atom. The number of rotatable bonds is 3. The van der Waals surface area contributed by atoms with Crippen LogP contribution in [0.4, 0.5) is 5.82 Å². The van der Waals surface area contributed by atoms with Crippen molar-refractivity contribution in [3.05, 3.63) is 59.9 Å². The first-order valence-corrected chi connectivity index (χ1v) is 8.77. The third-order valence-corrected chi connectivity index (χ3v) is 4.88. The zero-order valence-corrected chi connectivity index (χ0v) is 14.6. The lowest BCUT2D eigenvalue weighted by Crippen LogP contribution is -2.49. The molecule has 0 saturated carbocycles. The maximum atomic E-state index is 12.7. The van der Waals surface area contributed by atoms with Crippen molar-refractivity contribution in [2.75, 3.05) is 31.1 Å². The number of piperazine rings is 1. The molecule has 5 nitrogen and oxygen atoms in total. The Kier molecular flexibility index (Phi) is 4.32. The Morgan fingerprint density at radius 2 is 1.92 bits per heavy atom. The molecule has 128 valence electrons. The number of nitrogens with zero attached hydrogens (tertiary/aromatic N) is 4. The summed E-state index contributed by atoms with van der Waals surface area (Å²) in [4.78, 5) is 21.2. The van der Waals surface area contributed by atoms with E-state index in [1.807, 2.05) is 58.1 Å². The first-order chi connectivity index (χ1) is 12.2. The Hall–Kier alpha value is -2.53. The monoisotopic (exact) mass is 354 g/mol. The van der Waals surface area contributed by atoms with Crippen molar-refractivity contribution in [1.82, 2.24) is 14.5 Å². The molecule has 6 heteroatoms. The van der Waals surface area contributed by atoms with Crippen molar-refractivity contribution in [2.45, 2.75) is 6.54 Å². The fourth-order valence-corrected chi connectivity index (χ4v) is 3.43. The standard InChI is InChI=1S/C19H19ClN4O/c20-16-5-4-15-6-8-24(17(15)13-16)14-19(25)23-11-9-22(10-12-23)18-3-1-2-7-21-18/h1-8,13H,9-12,14H2. The number of hydrogen-bond acceptors (Lipinski definition) is 3. The molecule has 25 heavy (non-hydrogen) atoms. The lowest BCUT2D eigenvalue weighted by atomic mass is 10.2. The third kappa shape index (κ3) is 3.33. The quantitative estimate of drug-likeness (QED) is 0.726. The van der Waals surface area contributed by atoms with Gasteiger partial charge in [0.15, 0.2) is 0 Å². The van der Waals surface area contributed by atoms with E-state index < -0.39 is 0 Å². The second kappa shape index (κ2) is 6.76. The van der Waals surface area contributed by atoms with Crippen LogP contribution in [-0.4, -0.2) is 46.5 Å². The van der Waals surface area contributed by atoms with E-state index >= 15 is 0 Å². The van der Waals surface area contributed by atoms with Crippen LogP contribution in [0, 0.1) is 0 Å². The minimum Gasteiger partial charge on any atom is -0.353 e. The van der Waals surface area contributed by atoms with Crippen molar-refractivity contribution in [1.29, 1.82) is 0 Å². The van der Waals surface area contributed by atoms with Gasteiger partial charge in [0.25, 0.3) is 0 Å². The Balaban J connectivity index is 1.41. The van der Waals surface area contributed by atoms with Crippen molar-refractivity contribution >= 4 is 34.2 Å². The maximum absolute atomic E-state index is 12.7. The number of carbonyl (C=O) groups excluding carboxylic acids is 1. The van der Waals surface area contributed by atoms with E-state index in [0.717, 1.165) is 42.9 Å². The number of pyridine rings is 1. The summed E-state index contributed by atoms with van der Waals surface area (Å²) in [6, 6.07) is 13.7. The molecule has 0 spiro atoms. The minimum absolute atomic E-state index is 0.137. The van der Waals surface area contributed by atoms with Gasteiger partial charge >= 0.3 is 0 Å². The fraction of sp³-hybridized carbons (Fsp3) is 0.263. The summed E-state index contributed by atoms with van der Waals surface area (Å²) in [5, 5.41) is 1.78. The zero-order chi connectivity index (χ0) is 17.2. The topological polar surface area (TPSA) is 41.4 Å². The molecule has 2 aromatic heterocycles. The van der Waals surface area contributed by atoms with E-state index in [9.17, 15) is 4.79 Å². The number of fused-ring (bicyclic) bond motifs is 1. The molecule has 0 bridgehead atoms. The largest absolute Gasteiger partial charge is 0.353 e. The number of aromatic nitrogens is 2. The van der Waals surface area contributed by atoms with Gasteiger partial charge < -0.3 is 14.4 Å². The van der Waals surface area contributed by atoms with Crippen LogP contribution in [0.25, 0.3) is 10.9 Å². The molecular weight excluding hydrogens is 336 g/mol. The van der Waals surface area contributed by atoms with Crippen LogP contribution in [0.2, 0.25) is 5.02 Å². The molecule has 1 aromatic carbocycles. The van der Waals surface area contributed by atoms with Crippen LogP contribution in [0.5, 0.6) is 0 Å². The summed E-state index contributed by atoms with van der Waals surface area (Å²) in [6.07, 6.45) is 3.75. The van der Waals surface area contributed by atoms with Gasteiger partial charge in [0, 0.05) is 49.1 Å². The molecule has 4 rings (SSSR count). The van der Waals surface area contributed by atoms with Gasteiger partial charge in [-0.15, -0.1) is 0 Å². The van der Waals surface area contributed by atoms with E-state index in [4.69, 9.17) is 11.6 Å². The number of amides is 1. The average molecular weight is 355 g/mol. The predicted octanol–water partition coefficient (Wildman–Crippen LogP) is 3.04. The van der Waals surface area contributed by atoms with Gasteiger partial charge in [-0.25, -0.2) is 4.98 Å². The van der Waals surface area contributed by atoms with Crippen LogP contribution < -0.4 is 4.90 Å². The maximum Gasteiger partial charge on any atom is 0.242 e. The summed E-state index contributed by atoms with van der Waals surface area (Å²) >= 11 is 6.09. The molecule has 1 aliphatic heterocycles. The highest BCUT2D eigenvalue weighted by atomic mass is 35.5. The van der Waals surface area contributed by atoms with Gasteiger partial charge in [0.1, 0.15) is 12.4 Å². The molecule has 1 amide bonds. The molecule has 0 atom stereocenters. The SMILES string of the molecule is O=C(Cn1ccc2ccc(Cl)cc21)N1CCN(c2ccccn2)CC1. The van der Waals surface area contributed by atoms with Crippen LogP contribution in [0.1, 0.15) is 0 Å². The van der Waals surface area contributed by atoms with Gasteiger partial charge in [-0.3, -0.25) is 4.79 Å². The normalized spacial score (nSPS) is 14.9. The molecule has 0 aliphatic carbocycles. The van der Waals surface area contributed by atoms with E-state index in [-0.39, 0.29) is 5.91 Å². The zero-order valence-electron chi connectivity index (χ0n) is 13.8. The van der Waals surface area contributed by atoms with E-state index in [1.54, 1.807) is 6.20 Å². The number of hydrogen-bond donors (Lipinski definition) is 0. The first-order valence-electron chi connectivity index (χ1n) is 8.39. The predicted molar refractivity (Wildman–Crippen MR) is 100.0 cm³/mol. The molecule has 0 N–H and O–H groups in total. The van der Waals surface area contributed by atoms with Crippen LogP contribution in [-0.2, 0) is 11.3 Å². The number of halogens is 1. The summed E-state index contributed by atoms with van der Waals surface area (Å²) < 4.78 is 1.97.